The lowest BCUT2D eigenvalue weighted by molar-refractivity contribution is -0.153. The van der Waals surface area contributed by atoms with Gasteiger partial charge in [0.15, 0.2) is 0 Å². The van der Waals surface area contributed by atoms with Crippen molar-refractivity contribution in [2.45, 2.75) is 24.4 Å². The Bertz CT molecular complexity index is 438. The monoisotopic (exact) mass is 286 g/mol. The van der Waals surface area contributed by atoms with Crippen molar-refractivity contribution in [3.63, 3.8) is 0 Å². The fourth-order valence-electron chi connectivity index (χ4n) is 2.13. The first-order chi connectivity index (χ1) is 7.45. The van der Waals surface area contributed by atoms with Crippen LogP contribution in [0.15, 0.2) is 22.7 Å². The van der Waals surface area contributed by atoms with Crippen LogP contribution < -0.4 is 0 Å². The summed E-state index contributed by atoms with van der Waals surface area (Å²) >= 11 is 3.27. The summed E-state index contributed by atoms with van der Waals surface area (Å²) in [6.07, 6.45) is -0.209. The number of halogens is 1. The molecule has 0 aliphatic heterocycles. The standard InChI is InChI=1S/C11H11BrO4/c12-9-2-1-6(13)3-8(9)11(10(15)16)4-7(14)5-11/h1-3,7,13-14H,4-5H2,(H,15,16). The molecule has 0 heterocycles. The molecule has 1 fully saturated rings. The molecule has 86 valence electrons. The third-order valence-electron chi connectivity index (χ3n) is 3.04. The second kappa shape index (κ2) is 3.75. The van der Waals surface area contributed by atoms with Gasteiger partial charge in [0.1, 0.15) is 5.75 Å². The number of aliphatic hydroxyl groups excluding tert-OH is 1. The summed E-state index contributed by atoms with van der Waals surface area (Å²) in [7, 11) is 0. The molecule has 3 N–H and O–H groups in total. The molecular weight excluding hydrogens is 276 g/mol. The molecule has 0 radical (unpaired) electrons. The van der Waals surface area contributed by atoms with Crippen LogP contribution in [-0.2, 0) is 10.2 Å². The van der Waals surface area contributed by atoms with Crippen LogP contribution in [0.2, 0.25) is 0 Å². The van der Waals surface area contributed by atoms with E-state index < -0.39 is 17.5 Å². The lowest BCUT2D eigenvalue weighted by Gasteiger charge is -2.42. The van der Waals surface area contributed by atoms with Gasteiger partial charge in [0.05, 0.1) is 11.5 Å². The quantitative estimate of drug-likeness (QED) is 0.772. The van der Waals surface area contributed by atoms with Crippen LogP contribution in [0.1, 0.15) is 18.4 Å². The van der Waals surface area contributed by atoms with Crippen LogP contribution in [-0.4, -0.2) is 27.4 Å². The topological polar surface area (TPSA) is 77.8 Å². The van der Waals surface area contributed by atoms with E-state index in [9.17, 15) is 20.1 Å². The highest BCUT2D eigenvalue weighted by Crippen LogP contribution is 2.47. The maximum Gasteiger partial charge on any atom is 0.314 e. The van der Waals surface area contributed by atoms with Crippen molar-refractivity contribution < 1.29 is 20.1 Å². The number of carbonyl (C=O) groups is 1. The fourth-order valence-corrected chi connectivity index (χ4v) is 2.76. The normalized spacial score (nSPS) is 28.5. The van der Waals surface area contributed by atoms with E-state index in [2.05, 4.69) is 15.9 Å². The van der Waals surface area contributed by atoms with E-state index in [1.54, 1.807) is 6.07 Å². The second-order valence-electron chi connectivity index (χ2n) is 4.11. The van der Waals surface area contributed by atoms with Crippen LogP contribution >= 0.6 is 15.9 Å². The minimum absolute atomic E-state index is 0.0280. The predicted molar refractivity (Wildman–Crippen MR) is 60.4 cm³/mol. The van der Waals surface area contributed by atoms with Gasteiger partial charge in [0.25, 0.3) is 0 Å². The Morgan fingerprint density at radius 3 is 2.56 bits per heavy atom. The molecule has 2 rings (SSSR count). The van der Waals surface area contributed by atoms with Crippen molar-refractivity contribution in [2.75, 3.05) is 0 Å². The van der Waals surface area contributed by atoms with Crippen molar-refractivity contribution >= 4 is 21.9 Å². The highest BCUT2D eigenvalue weighted by atomic mass is 79.9. The van der Waals surface area contributed by atoms with Gasteiger partial charge in [0, 0.05) is 4.47 Å². The summed E-state index contributed by atoms with van der Waals surface area (Å²) in [6, 6.07) is 4.53. The van der Waals surface area contributed by atoms with Gasteiger partial charge >= 0.3 is 5.97 Å². The summed E-state index contributed by atoms with van der Waals surface area (Å²) in [4.78, 5) is 11.3. The maximum absolute atomic E-state index is 11.3. The Morgan fingerprint density at radius 2 is 2.06 bits per heavy atom. The van der Waals surface area contributed by atoms with Gasteiger partial charge in [-0.3, -0.25) is 4.79 Å². The van der Waals surface area contributed by atoms with E-state index in [1.807, 2.05) is 0 Å². The molecule has 0 amide bonds. The number of benzene rings is 1. The molecule has 4 nitrogen and oxygen atoms in total. The molecule has 16 heavy (non-hydrogen) atoms. The molecule has 1 aliphatic rings. The Labute approximate surface area is 101 Å². The third kappa shape index (κ3) is 1.60. The van der Waals surface area contributed by atoms with Crippen molar-refractivity contribution in [3.05, 3.63) is 28.2 Å². The molecule has 0 unspecified atom stereocenters. The number of aromatic hydroxyl groups is 1. The Morgan fingerprint density at radius 1 is 1.44 bits per heavy atom. The SMILES string of the molecule is O=C(O)C1(c2cc(O)ccc2Br)CC(O)C1. The number of carboxylic acid groups (broad SMARTS) is 1. The summed E-state index contributed by atoms with van der Waals surface area (Å²) in [5, 5.41) is 28.0. The molecule has 1 aromatic rings. The Hall–Kier alpha value is -1.07. The molecule has 0 aromatic heterocycles. The van der Waals surface area contributed by atoms with E-state index in [0.717, 1.165) is 0 Å². The lowest BCUT2D eigenvalue weighted by atomic mass is 9.63. The smallest absolute Gasteiger partial charge is 0.314 e. The van der Waals surface area contributed by atoms with Crippen LogP contribution in [0.3, 0.4) is 0 Å². The number of aliphatic carboxylic acids is 1. The van der Waals surface area contributed by atoms with Crippen LogP contribution in [0.25, 0.3) is 0 Å². The number of hydrogen-bond acceptors (Lipinski definition) is 3. The zero-order valence-electron chi connectivity index (χ0n) is 8.35. The van der Waals surface area contributed by atoms with Gasteiger partial charge in [-0.1, -0.05) is 15.9 Å². The van der Waals surface area contributed by atoms with E-state index in [4.69, 9.17) is 0 Å². The predicted octanol–water partition coefficient (Wildman–Crippen LogP) is 1.63. The van der Waals surface area contributed by atoms with Gasteiger partial charge in [0.2, 0.25) is 0 Å². The van der Waals surface area contributed by atoms with Gasteiger partial charge in [-0.2, -0.15) is 0 Å². The number of aliphatic hydroxyl groups is 1. The lowest BCUT2D eigenvalue weighted by Crippen LogP contribution is -2.50. The maximum atomic E-state index is 11.3. The number of phenols is 1. The zero-order valence-corrected chi connectivity index (χ0v) is 9.94. The molecule has 0 saturated heterocycles. The average molecular weight is 287 g/mol. The van der Waals surface area contributed by atoms with Crippen molar-refractivity contribution in [1.82, 2.24) is 0 Å². The molecule has 0 atom stereocenters. The van der Waals surface area contributed by atoms with Gasteiger partial charge in [-0.15, -0.1) is 0 Å². The number of hydrogen-bond donors (Lipinski definition) is 3. The van der Waals surface area contributed by atoms with Crippen molar-refractivity contribution in [2.24, 2.45) is 0 Å². The molecule has 0 spiro atoms. The van der Waals surface area contributed by atoms with E-state index in [-0.39, 0.29) is 18.6 Å². The highest BCUT2D eigenvalue weighted by molar-refractivity contribution is 9.10. The molecule has 1 aliphatic carbocycles. The number of carboxylic acids is 1. The van der Waals surface area contributed by atoms with Crippen LogP contribution in [0, 0.1) is 0 Å². The molecule has 1 aromatic carbocycles. The van der Waals surface area contributed by atoms with Crippen molar-refractivity contribution in [3.8, 4) is 5.75 Å². The van der Waals surface area contributed by atoms with Gasteiger partial charge < -0.3 is 15.3 Å². The average Bonchev–Trinajstić information content (AvgIpc) is 2.16. The number of rotatable bonds is 2. The minimum atomic E-state index is -1.07. The van der Waals surface area contributed by atoms with Crippen molar-refractivity contribution in [1.29, 1.82) is 0 Å². The van der Waals surface area contributed by atoms with Crippen LogP contribution in [0.5, 0.6) is 5.75 Å². The Kier molecular flexibility index (Phi) is 2.67. The van der Waals surface area contributed by atoms with Gasteiger partial charge in [-0.05, 0) is 36.6 Å². The second-order valence-corrected chi connectivity index (χ2v) is 4.97. The summed E-state index contributed by atoms with van der Waals surface area (Å²) in [6.45, 7) is 0. The minimum Gasteiger partial charge on any atom is -0.508 e. The van der Waals surface area contributed by atoms with Crippen LogP contribution in [0.4, 0.5) is 0 Å². The highest BCUT2D eigenvalue weighted by Gasteiger charge is 2.52. The molecule has 1 saturated carbocycles. The fraction of sp³-hybridized carbons (Fsp3) is 0.364. The van der Waals surface area contributed by atoms with E-state index in [1.165, 1.54) is 12.1 Å². The summed E-state index contributed by atoms with van der Waals surface area (Å²) < 4.78 is 0.639. The largest absolute Gasteiger partial charge is 0.508 e. The summed E-state index contributed by atoms with van der Waals surface area (Å²) in [5.74, 6) is -0.940. The summed E-state index contributed by atoms with van der Waals surface area (Å²) in [5.41, 5.74) is -0.554. The molecular formula is C11H11BrO4. The zero-order chi connectivity index (χ0) is 11.9. The van der Waals surface area contributed by atoms with E-state index in [0.29, 0.717) is 10.0 Å². The van der Waals surface area contributed by atoms with Gasteiger partial charge in [-0.25, -0.2) is 0 Å². The Balaban J connectivity index is 2.48. The first-order valence-corrected chi connectivity index (χ1v) is 5.65. The number of phenolic OH excluding ortho intramolecular Hbond substituents is 1. The first kappa shape index (κ1) is 11.4. The van der Waals surface area contributed by atoms with E-state index >= 15 is 0 Å². The third-order valence-corrected chi connectivity index (χ3v) is 3.73. The molecule has 0 bridgehead atoms. The first-order valence-electron chi connectivity index (χ1n) is 4.86. The molecule has 5 heteroatoms.